The van der Waals surface area contributed by atoms with E-state index in [0.29, 0.717) is 0 Å². The highest BCUT2D eigenvalue weighted by Gasteiger charge is 2.15. The van der Waals surface area contributed by atoms with Crippen molar-refractivity contribution in [2.24, 2.45) is 0 Å². The molecule has 0 unspecified atom stereocenters. The summed E-state index contributed by atoms with van der Waals surface area (Å²) in [5.74, 6) is 4.02. The van der Waals surface area contributed by atoms with Crippen molar-refractivity contribution in [2.75, 3.05) is 13.2 Å². The summed E-state index contributed by atoms with van der Waals surface area (Å²) in [6.07, 6.45) is 5.70. The Kier molecular flexibility index (Phi) is 4.62. The zero-order valence-corrected chi connectivity index (χ0v) is 12.9. The number of aromatic nitrogens is 1. The Balaban J connectivity index is 2.03. The lowest BCUT2D eigenvalue weighted by Crippen LogP contribution is -2.25. The number of hydrogen-bond acceptors (Lipinski definition) is 3. The Morgan fingerprint density at radius 1 is 1.26 bits per heavy atom. The second-order valence-corrected chi connectivity index (χ2v) is 10.6. The summed E-state index contributed by atoms with van der Waals surface area (Å²) >= 11 is 0. The minimum atomic E-state index is -1.35. The van der Waals surface area contributed by atoms with Gasteiger partial charge in [0.1, 0.15) is 19.9 Å². The molecule has 1 aliphatic rings. The van der Waals surface area contributed by atoms with Gasteiger partial charge in [-0.1, -0.05) is 25.6 Å². The lowest BCUT2D eigenvalue weighted by atomic mass is 10.1. The van der Waals surface area contributed by atoms with E-state index in [1.807, 2.05) is 6.07 Å². The molecule has 1 fully saturated rings. The largest absolute Gasteiger partial charge is 0.489 e. The van der Waals surface area contributed by atoms with Crippen LogP contribution in [-0.2, 0) is 4.74 Å². The van der Waals surface area contributed by atoms with Crippen LogP contribution < -0.4 is 4.74 Å². The number of pyridine rings is 1. The fourth-order valence-electron chi connectivity index (χ4n) is 1.80. The van der Waals surface area contributed by atoms with Gasteiger partial charge in [0.25, 0.3) is 0 Å². The molecule has 4 heteroatoms. The molecule has 1 aromatic rings. The van der Waals surface area contributed by atoms with Crippen LogP contribution in [0.15, 0.2) is 18.5 Å². The molecule has 0 amide bonds. The highest BCUT2D eigenvalue weighted by Crippen LogP contribution is 2.17. The molecule has 0 saturated carbocycles. The van der Waals surface area contributed by atoms with Gasteiger partial charge in [-0.3, -0.25) is 4.98 Å². The molecule has 0 atom stereocenters. The first-order valence-corrected chi connectivity index (χ1v) is 10.3. The molecule has 102 valence electrons. The quantitative estimate of drug-likeness (QED) is 0.614. The summed E-state index contributed by atoms with van der Waals surface area (Å²) in [7, 11) is -1.35. The van der Waals surface area contributed by atoms with E-state index in [1.54, 1.807) is 12.4 Å². The summed E-state index contributed by atoms with van der Waals surface area (Å²) < 4.78 is 11.3. The van der Waals surface area contributed by atoms with Gasteiger partial charge in [-0.2, -0.15) is 0 Å². The predicted octanol–water partition coefficient (Wildman–Crippen LogP) is 2.87. The van der Waals surface area contributed by atoms with Crippen molar-refractivity contribution in [3.8, 4) is 17.2 Å². The van der Waals surface area contributed by atoms with Crippen molar-refractivity contribution in [1.82, 2.24) is 4.98 Å². The Morgan fingerprint density at radius 3 is 2.68 bits per heavy atom. The van der Waals surface area contributed by atoms with Crippen LogP contribution in [-0.4, -0.2) is 32.4 Å². The van der Waals surface area contributed by atoms with Crippen LogP contribution in [0, 0.1) is 11.5 Å². The average molecular weight is 275 g/mol. The summed E-state index contributed by atoms with van der Waals surface area (Å²) in [4.78, 5) is 4.21. The van der Waals surface area contributed by atoms with E-state index in [0.717, 1.165) is 37.4 Å². The van der Waals surface area contributed by atoms with Crippen molar-refractivity contribution in [3.63, 3.8) is 0 Å². The van der Waals surface area contributed by atoms with Gasteiger partial charge in [-0.25, -0.2) is 0 Å². The normalized spacial score (nSPS) is 16.6. The number of ether oxygens (including phenoxy) is 2. The lowest BCUT2D eigenvalue weighted by Gasteiger charge is -2.23. The second kappa shape index (κ2) is 6.22. The topological polar surface area (TPSA) is 31.4 Å². The molecule has 0 aliphatic carbocycles. The van der Waals surface area contributed by atoms with Crippen LogP contribution in [0.1, 0.15) is 18.4 Å². The van der Waals surface area contributed by atoms with Gasteiger partial charge in [-0.15, -0.1) is 5.54 Å². The zero-order valence-electron chi connectivity index (χ0n) is 11.9. The lowest BCUT2D eigenvalue weighted by molar-refractivity contribution is 0.0254. The SMILES string of the molecule is C[Si](C)(C)C#Cc1cncc(OC2CCOCC2)c1. The van der Waals surface area contributed by atoms with Gasteiger partial charge in [-0.05, 0) is 6.07 Å². The zero-order chi connectivity index (χ0) is 13.7. The van der Waals surface area contributed by atoms with Crippen molar-refractivity contribution >= 4 is 8.07 Å². The van der Waals surface area contributed by atoms with Gasteiger partial charge in [0.05, 0.1) is 19.4 Å². The first kappa shape index (κ1) is 14.1. The molecule has 1 aromatic heterocycles. The third-order valence-corrected chi connectivity index (χ3v) is 3.64. The molecular formula is C15H21NO2Si. The second-order valence-electron chi connectivity index (χ2n) is 5.84. The van der Waals surface area contributed by atoms with Gasteiger partial charge in [0.2, 0.25) is 0 Å². The molecule has 1 saturated heterocycles. The molecule has 3 nitrogen and oxygen atoms in total. The highest BCUT2D eigenvalue weighted by molar-refractivity contribution is 6.83. The van der Waals surface area contributed by atoms with Crippen LogP contribution in [0.4, 0.5) is 0 Å². The maximum absolute atomic E-state index is 5.93. The van der Waals surface area contributed by atoms with Crippen LogP contribution in [0.3, 0.4) is 0 Å². The van der Waals surface area contributed by atoms with Gasteiger partial charge in [0, 0.05) is 24.6 Å². The molecule has 0 N–H and O–H groups in total. The van der Waals surface area contributed by atoms with E-state index in [1.165, 1.54) is 0 Å². The van der Waals surface area contributed by atoms with Crippen molar-refractivity contribution in [3.05, 3.63) is 24.0 Å². The fraction of sp³-hybridized carbons (Fsp3) is 0.533. The minimum Gasteiger partial charge on any atom is -0.489 e. The van der Waals surface area contributed by atoms with E-state index in [2.05, 4.69) is 36.1 Å². The standard InChI is InChI=1S/C15H21NO2Si/c1-19(2,3)9-6-13-10-15(12-16-11-13)18-14-4-7-17-8-5-14/h10-12,14H,4-5,7-8H2,1-3H3. The van der Waals surface area contributed by atoms with Crippen molar-refractivity contribution in [1.29, 1.82) is 0 Å². The summed E-state index contributed by atoms with van der Waals surface area (Å²) in [6.45, 7) is 8.27. The van der Waals surface area contributed by atoms with Crippen LogP contribution in [0.25, 0.3) is 0 Å². The molecule has 0 radical (unpaired) electrons. The average Bonchev–Trinajstić information content (AvgIpc) is 2.37. The Hall–Kier alpha value is -1.31. The fourth-order valence-corrected chi connectivity index (χ4v) is 2.32. The van der Waals surface area contributed by atoms with Crippen molar-refractivity contribution < 1.29 is 9.47 Å². The molecule has 0 aromatic carbocycles. The maximum atomic E-state index is 5.93. The molecule has 2 rings (SSSR count). The Bertz CT molecular complexity index is 479. The Labute approximate surface area is 116 Å². The maximum Gasteiger partial charge on any atom is 0.139 e. The predicted molar refractivity (Wildman–Crippen MR) is 78.9 cm³/mol. The summed E-state index contributed by atoms with van der Waals surface area (Å²) in [6, 6.07) is 1.98. The van der Waals surface area contributed by atoms with Crippen LogP contribution in [0.2, 0.25) is 19.6 Å². The molecule has 0 spiro atoms. The van der Waals surface area contributed by atoms with Crippen molar-refractivity contribution in [2.45, 2.75) is 38.6 Å². The van der Waals surface area contributed by atoms with Crippen LogP contribution >= 0.6 is 0 Å². The van der Waals surface area contributed by atoms with E-state index < -0.39 is 8.07 Å². The minimum absolute atomic E-state index is 0.246. The smallest absolute Gasteiger partial charge is 0.139 e. The summed E-state index contributed by atoms with van der Waals surface area (Å²) in [5.41, 5.74) is 4.28. The molecule has 19 heavy (non-hydrogen) atoms. The number of nitrogens with zero attached hydrogens (tertiary/aromatic N) is 1. The van der Waals surface area contributed by atoms with E-state index in [4.69, 9.17) is 9.47 Å². The van der Waals surface area contributed by atoms with E-state index >= 15 is 0 Å². The molecular weight excluding hydrogens is 254 g/mol. The first-order chi connectivity index (χ1) is 9.03. The van der Waals surface area contributed by atoms with Gasteiger partial charge in [0.15, 0.2) is 0 Å². The van der Waals surface area contributed by atoms with E-state index in [-0.39, 0.29) is 6.10 Å². The molecule has 0 bridgehead atoms. The van der Waals surface area contributed by atoms with Gasteiger partial charge >= 0.3 is 0 Å². The third kappa shape index (κ3) is 5.05. The monoisotopic (exact) mass is 275 g/mol. The van der Waals surface area contributed by atoms with Crippen LogP contribution in [0.5, 0.6) is 5.75 Å². The molecule has 2 heterocycles. The first-order valence-electron chi connectivity index (χ1n) is 6.75. The molecule has 1 aliphatic heterocycles. The number of hydrogen-bond donors (Lipinski definition) is 0. The highest BCUT2D eigenvalue weighted by atomic mass is 28.3. The van der Waals surface area contributed by atoms with Gasteiger partial charge < -0.3 is 9.47 Å². The van der Waals surface area contributed by atoms with E-state index in [9.17, 15) is 0 Å². The summed E-state index contributed by atoms with van der Waals surface area (Å²) in [5, 5.41) is 0. The third-order valence-electron chi connectivity index (χ3n) is 2.77. The number of rotatable bonds is 2. The Morgan fingerprint density at radius 2 is 2.00 bits per heavy atom.